The van der Waals surface area contributed by atoms with Crippen LogP contribution in [-0.2, 0) is 6.54 Å². The smallest absolute Gasteiger partial charge is 0.126 e. The summed E-state index contributed by atoms with van der Waals surface area (Å²) in [6.45, 7) is 10.3. The number of rotatable bonds is 6. The van der Waals surface area contributed by atoms with Crippen LogP contribution in [0.2, 0.25) is 0 Å². The third-order valence-corrected chi connectivity index (χ3v) is 4.27. The van der Waals surface area contributed by atoms with Crippen molar-refractivity contribution in [3.63, 3.8) is 0 Å². The Bertz CT molecular complexity index is 422. The molecule has 3 rings (SSSR count). The fourth-order valence-corrected chi connectivity index (χ4v) is 2.90. The molecule has 0 bridgehead atoms. The molecular formula is C16H26N4. The number of anilines is 1. The van der Waals surface area contributed by atoms with Gasteiger partial charge in [-0.15, -0.1) is 0 Å². The summed E-state index contributed by atoms with van der Waals surface area (Å²) < 4.78 is 0. The molecule has 4 nitrogen and oxygen atoms in total. The summed E-state index contributed by atoms with van der Waals surface area (Å²) in [5.41, 5.74) is 1.37. The fraction of sp³-hybridized carbons (Fsp3) is 0.688. The Morgan fingerprint density at radius 2 is 1.95 bits per heavy atom. The van der Waals surface area contributed by atoms with E-state index in [1.54, 1.807) is 0 Å². The SMILES string of the molecule is CCNc1cc(CN2CCN(CC3CC3)CC2)ccn1. The summed E-state index contributed by atoms with van der Waals surface area (Å²) in [7, 11) is 0. The summed E-state index contributed by atoms with van der Waals surface area (Å²) >= 11 is 0. The predicted octanol–water partition coefficient (Wildman–Crippen LogP) is 2.04. The topological polar surface area (TPSA) is 31.4 Å². The lowest BCUT2D eigenvalue weighted by Gasteiger charge is -2.34. The molecule has 0 unspecified atom stereocenters. The van der Waals surface area contributed by atoms with Crippen molar-refractivity contribution in [1.82, 2.24) is 14.8 Å². The van der Waals surface area contributed by atoms with Gasteiger partial charge in [0.05, 0.1) is 0 Å². The van der Waals surface area contributed by atoms with Crippen LogP contribution in [0.5, 0.6) is 0 Å². The van der Waals surface area contributed by atoms with Crippen molar-refractivity contribution in [2.45, 2.75) is 26.3 Å². The van der Waals surface area contributed by atoms with Crippen LogP contribution in [0.4, 0.5) is 5.82 Å². The number of piperazine rings is 1. The molecule has 2 aliphatic rings. The van der Waals surface area contributed by atoms with E-state index in [0.717, 1.165) is 24.8 Å². The Balaban J connectivity index is 1.47. The molecule has 4 heteroatoms. The largest absolute Gasteiger partial charge is 0.370 e. The Kier molecular flexibility index (Phi) is 4.53. The van der Waals surface area contributed by atoms with Gasteiger partial charge in [0.15, 0.2) is 0 Å². The van der Waals surface area contributed by atoms with E-state index < -0.39 is 0 Å². The number of hydrogen-bond donors (Lipinski definition) is 1. The molecule has 0 amide bonds. The summed E-state index contributed by atoms with van der Waals surface area (Å²) in [6, 6.07) is 4.32. The van der Waals surface area contributed by atoms with E-state index >= 15 is 0 Å². The van der Waals surface area contributed by atoms with Gasteiger partial charge in [-0.25, -0.2) is 4.98 Å². The summed E-state index contributed by atoms with van der Waals surface area (Å²) in [5, 5.41) is 3.28. The van der Waals surface area contributed by atoms with Crippen molar-refractivity contribution in [3.8, 4) is 0 Å². The maximum atomic E-state index is 4.34. The fourth-order valence-electron chi connectivity index (χ4n) is 2.90. The molecular weight excluding hydrogens is 248 g/mol. The quantitative estimate of drug-likeness (QED) is 0.860. The van der Waals surface area contributed by atoms with Crippen LogP contribution in [0.25, 0.3) is 0 Å². The molecule has 2 fully saturated rings. The zero-order valence-corrected chi connectivity index (χ0v) is 12.5. The van der Waals surface area contributed by atoms with Gasteiger partial charge in [-0.05, 0) is 43.4 Å². The van der Waals surface area contributed by atoms with E-state index in [9.17, 15) is 0 Å². The van der Waals surface area contributed by atoms with Gasteiger partial charge in [-0.3, -0.25) is 4.90 Å². The lowest BCUT2D eigenvalue weighted by molar-refractivity contribution is 0.123. The van der Waals surface area contributed by atoms with Crippen LogP contribution in [0.1, 0.15) is 25.3 Å². The Morgan fingerprint density at radius 1 is 1.20 bits per heavy atom. The van der Waals surface area contributed by atoms with Gasteiger partial charge in [-0.2, -0.15) is 0 Å². The van der Waals surface area contributed by atoms with E-state index in [1.165, 1.54) is 51.1 Å². The number of aromatic nitrogens is 1. The molecule has 1 saturated heterocycles. The molecule has 0 atom stereocenters. The highest BCUT2D eigenvalue weighted by molar-refractivity contribution is 5.37. The van der Waals surface area contributed by atoms with Gasteiger partial charge in [0, 0.05) is 52.0 Å². The summed E-state index contributed by atoms with van der Waals surface area (Å²) in [5.74, 6) is 2.02. The lowest BCUT2D eigenvalue weighted by Crippen LogP contribution is -2.46. The van der Waals surface area contributed by atoms with Crippen LogP contribution < -0.4 is 5.32 Å². The number of nitrogens with one attached hydrogen (secondary N) is 1. The summed E-state index contributed by atoms with van der Waals surface area (Å²) in [6.07, 6.45) is 4.84. The second kappa shape index (κ2) is 6.55. The first-order valence-corrected chi connectivity index (χ1v) is 7.97. The maximum absolute atomic E-state index is 4.34. The summed E-state index contributed by atoms with van der Waals surface area (Å²) in [4.78, 5) is 9.54. The zero-order chi connectivity index (χ0) is 13.8. The molecule has 20 heavy (non-hydrogen) atoms. The monoisotopic (exact) mass is 274 g/mol. The molecule has 110 valence electrons. The van der Waals surface area contributed by atoms with Crippen molar-refractivity contribution in [1.29, 1.82) is 0 Å². The third kappa shape index (κ3) is 3.93. The van der Waals surface area contributed by atoms with Crippen LogP contribution in [0.15, 0.2) is 18.3 Å². The predicted molar refractivity (Wildman–Crippen MR) is 82.8 cm³/mol. The first-order valence-electron chi connectivity index (χ1n) is 7.97. The van der Waals surface area contributed by atoms with Crippen molar-refractivity contribution in [3.05, 3.63) is 23.9 Å². The van der Waals surface area contributed by atoms with Crippen molar-refractivity contribution in [2.75, 3.05) is 44.6 Å². The van der Waals surface area contributed by atoms with Crippen molar-refractivity contribution in [2.24, 2.45) is 5.92 Å². The van der Waals surface area contributed by atoms with E-state index in [4.69, 9.17) is 0 Å². The standard InChI is InChI=1S/C16H26N4/c1-2-17-16-11-15(5-6-18-16)13-20-9-7-19(8-10-20)12-14-3-4-14/h5-6,11,14H,2-4,7-10,12-13H2,1H3,(H,17,18). The number of hydrogen-bond acceptors (Lipinski definition) is 4. The van der Waals surface area contributed by atoms with Crippen LogP contribution in [-0.4, -0.2) is 54.1 Å². The highest BCUT2D eigenvalue weighted by Gasteiger charge is 2.26. The second-order valence-electron chi connectivity index (χ2n) is 6.10. The Morgan fingerprint density at radius 3 is 2.65 bits per heavy atom. The molecule has 1 aromatic rings. The molecule has 2 heterocycles. The highest BCUT2D eigenvalue weighted by atomic mass is 15.3. The third-order valence-electron chi connectivity index (χ3n) is 4.27. The average Bonchev–Trinajstić information content (AvgIpc) is 3.26. The first kappa shape index (κ1) is 13.8. The van der Waals surface area contributed by atoms with E-state index in [0.29, 0.717) is 0 Å². The van der Waals surface area contributed by atoms with Crippen LogP contribution in [0, 0.1) is 5.92 Å². The molecule has 1 aliphatic carbocycles. The Hall–Kier alpha value is -1.13. The molecule has 0 radical (unpaired) electrons. The maximum Gasteiger partial charge on any atom is 0.126 e. The number of nitrogens with zero attached hydrogens (tertiary/aromatic N) is 3. The minimum atomic E-state index is 0.927. The molecule has 1 N–H and O–H groups in total. The Labute approximate surface area is 122 Å². The van der Waals surface area contributed by atoms with Gasteiger partial charge in [0.1, 0.15) is 5.82 Å². The van der Waals surface area contributed by atoms with Crippen molar-refractivity contribution >= 4 is 5.82 Å². The van der Waals surface area contributed by atoms with E-state index in [2.05, 4.69) is 39.2 Å². The normalized spacial score (nSPS) is 21.1. The van der Waals surface area contributed by atoms with Gasteiger partial charge in [0.25, 0.3) is 0 Å². The van der Waals surface area contributed by atoms with Crippen LogP contribution >= 0.6 is 0 Å². The minimum absolute atomic E-state index is 0.927. The van der Waals surface area contributed by atoms with Gasteiger partial charge >= 0.3 is 0 Å². The molecule has 1 aromatic heterocycles. The zero-order valence-electron chi connectivity index (χ0n) is 12.5. The number of pyridine rings is 1. The molecule has 0 aromatic carbocycles. The average molecular weight is 274 g/mol. The van der Waals surface area contributed by atoms with Crippen LogP contribution in [0.3, 0.4) is 0 Å². The first-order chi connectivity index (χ1) is 9.83. The second-order valence-corrected chi connectivity index (χ2v) is 6.10. The van der Waals surface area contributed by atoms with Gasteiger partial charge in [0.2, 0.25) is 0 Å². The highest BCUT2D eigenvalue weighted by Crippen LogP contribution is 2.29. The van der Waals surface area contributed by atoms with Crippen molar-refractivity contribution < 1.29 is 0 Å². The molecule has 0 spiro atoms. The molecule has 1 saturated carbocycles. The van der Waals surface area contributed by atoms with Gasteiger partial charge < -0.3 is 10.2 Å². The lowest BCUT2D eigenvalue weighted by atomic mass is 10.2. The van der Waals surface area contributed by atoms with E-state index in [-0.39, 0.29) is 0 Å². The van der Waals surface area contributed by atoms with E-state index in [1.807, 2.05) is 6.20 Å². The van der Waals surface area contributed by atoms with Gasteiger partial charge in [-0.1, -0.05) is 0 Å². The molecule has 1 aliphatic heterocycles. The minimum Gasteiger partial charge on any atom is -0.370 e.